The fourth-order valence-corrected chi connectivity index (χ4v) is 5.01. The number of pyridine rings is 1. The summed E-state index contributed by atoms with van der Waals surface area (Å²) in [6.45, 7) is 9.55. The van der Waals surface area contributed by atoms with Gasteiger partial charge in [0.15, 0.2) is 5.82 Å². The Bertz CT molecular complexity index is 1640. The molecule has 40 heavy (non-hydrogen) atoms. The molecule has 2 aromatic heterocycles. The van der Waals surface area contributed by atoms with Crippen molar-refractivity contribution in [1.82, 2.24) is 30.1 Å². The third-order valence-electron chi connectivity index (χ3n) is 7.64. The van der Waals surface area contributed by atoms with E-state index in [-0.39, 0.29) is 11.1 Å². The van der Waals surface area contributed by atoms with E-state index in [9.17, 15) is 4.79 Å². The van der Waals surface area contributed by atoms with Crippen LogP contribution in [0.1, 0.15) is 61.3 Å². The first-order valence-electron chi connectivity index (χ1n) is 13.6. The summed E-state index contributed by atoms with van der Waals surface area (Å²) in [5, 5.41) is 14.1. The van der Waals surface area contributed by atoms with Crippen LogP contribution in [0.4, 0.5) is 0 Å². The van der Waals surface area contributed by atoms with Gasteiger partial charge in [-0.15, -0.1) is 5.10 Å². The van der Waals surface area contributed by atoms with Gasteiger partial charge in [-0.1, -0.05) is 61.0 Å². The van der Waals surface area contributed by atoms with Crippen LogP contribution in [0.2, 0.25) is 0 Å². The lowest BCUT2D eigenvalue weighted by Crippen LogP contribution is -2.38. The van der Waals surface area contributed by atoms with Crippen molar-refractivity contribution in [1.29, 1.82) is 0 Å². The van der Waals surface area contributed by atoms with Gasteiger partial charge in [0.1, 0.15) is 11.8 Å². The van der Waals surface area contributed by atoms with Crippen LogP contribution >= 0.6 is 0 Å². The van der Waals surface area contributed by atoms with Crippen molar-refractivity contribution in [2.24, 2.45) is 0 Å². The number of aryl methyl sites for hydroxylation is 1. The third kappa shape index (κ3) is 5.67. The van der Waals surface area contributed by atoms with Crippen LogP contribution in [0.5, 0.6) is 5.75 Å². The second-order valence-corrected chi connectivity index (χ2v) is 10.9. The second kappa shape index (κ2) is 11.4. The van der Waals surface area contributed by atoms with Crippen LogP contribution in [0.15, 0.2) is 83.7 Å². The lowest BCUT2D eigenvalue weighted by atomic mass is 9.98. The highest BCUT2D eigenvalue weighted by Crippen LogP contribution is 2.33. The van der Waals surface area contributed by atoms with Crippen LogP contribution in [-0.2, 0) is 18.6 Å². The van der Waals surface area contributed by atoms with Gasteiger partial charge in [-0.05, 0) is 84.5 Å². The molecule has 8 heteroatoms. The van der Waals surface area contributed by atoms with Crippen LogP contribution < -0.4 is 10.3 Å². The van der Waals surface area contributed by atoms with Crippen molar-refractivity contribution in [2.45, 2.75) is 58.8 Å². The van der Waals surface area contributed by atoms with Gasteiger partial charge in [-0.3, -0.25) is 9.69 Å². The molecule has 5 rings (SSSR count). The number of H-pyrrole nitrogens is 1. The van der Waals surface area contributed by atoms with Crippen LogP contribution in [-0.4, -0.2) is 37.2 Å². The molecule has 0 aliphatic heterocycles. The van der Waals surface area contributed by atoms with Crippen molar-refractivity contribution in [3.8, 4) is 5.75 Å². The molecule has 0 aliphatic carbocycles. The monoisotopic (exact) mass is 536 g/mol. The highest BCUT2D eigenvalue weighted by Gasteiger charge is 2.34. The van der Waals surface area contributed by atoms with Crippen molar-refractivity contribution < 1.29 is 4.74 Å². The van der Waals surface area contributed by atoms with Gasteiger partial charge < -0.3 is 9.72 Å². The van der Waals surface area contributed by atoms with E-state index in [1.165, 1.54) is 0 Å². The Hall–Kier alpha value is -4.30. The Kier molecular flexibility index (Phi) is 7.80. The van der Waals surface area contributed by atoms with Crippen molar-refractivity contribution in [3.05, 3.63) is 117 Å². The predicted octanol–water partition coefficient (Wildman–Crippen LogP) is 5.77. The summed E-state index contributed by atoms with van der Waals surface area (Å²) in [6.07, 6.45) is 0.822. The summed E-state index contributed by atoms with van der Waals surface area (Å²) < 4.78 is 7.27. The predicted molar refractivity (Wildman–Crippen MR) is 157 cm³/mol. The molecule has 0 radical (unpaired) electrons. The zero-order valence-corrected chi connectivity index (χ0v) is 23.8. The molecule has 5 aromatic rings. The van der Waals surface area contributed by atoms with Crippen LogP contribution in [0, 0.1) is 6.92 Å². The number of benzene rings is 3. The van der Waals surface area contributed by atoms with Crippen molar-refractivity contribution in [2.75, 3.05) is 7.11 Å². The molecule has 0 bridgehead atoms. The Labute approximate surface area is 234 Å². The highest BCUT2D eigenvalue weighted by atomic mass is 16.5. The van der Waals surface area contributed by atoms with Crippen molar-refractivity contribution in [3.63, 3.8) is 0 Å². The average Bonchev–Trinajstić information content (AvgIpc) is 3.45. The molecule has 8 nitrogen and oxygen atoms in total. The zero-order chi connectivity index (χ0) is 28.3. The largest absolute Gasteiger partial charge is 0.497 e. The molecular formula is C32H36N6O2. The summed E-state index contributed by atoms with van der Waals surface area (Å²) in [4.78, 5) is 19.2. The topological polar surface area (TPSA) is 88.9 Å². The maximum Gasteiger partial charge on any atom is 0.253 e. The molecular weight excluding hydrogens is 500 g/mol. The van der Waals surface area contributed by atoms with Crippen LogP contribution in [0.25, 0.3) is 10.9 Å². The van der Waals surface area contributed by atoms with Gasteiger partial charge in [0, 0.05) is 24.2 Å². The molecule has 0 amide bonds. The average molecular weight is 537 g/mol. The van der Waals surface area contributed by atoms with Gasteiger partial charge in [-0.2, -0.15) is 0 Å². The zero-order valence-electron chi connectivity index (χ0n) is 23.8. The Balaban J connectivity index is 1.72. The molecule has 1 N–H and O–H groups in total. The summed E-state index contributed by atoms with van der Waals surface area (Å²) in [5.41, 5.74) is 4.24. The van der Waals surface area contributed by atoms with E-state index < -0.39 is 6.04 Å². The number of ether oxygens (including phenoxy) is 1. The number of hydrogen-bond donors (Lipinski definition) is 1. The number of aromatic nitrogens is 5. The van der Waals surface area contributed by atoms with Gasteiger partial charge in [-0.25, -0.2) is 4.68 Å². The molecule has 1 atom stereocenters. The number of aromatic amines is 1. The Morgan fingerprint density at radius 2 is 1.68 bits per heavy atom. The van der Waals surface area contributed by atoms with E-state index >= 15 is 0 Å². The minimum absolute atomic E-state index is 0.155. The number of nitrogens with zero attached hydrogens (tertiary/aromatic N) is 5. The molecule has 3 aromatic carbocycles. The first kappa shape index (κ1) is 27.3. The third-order valence-corrected chi connectivity index (χ3v) is 7.64. The molecule has 0 saturated heterocycles. The number of rotatable bonds is 10. The van der Waals surface area contributed by atoms with Gasteiger partial charge >= 0.3 is 0 Å². The molecule has 0 aliphatic rings. The smallest absolute Gasteiger partial charge is 0.253 e. The van der Waals surface area contributed by atoms with Crippen LogP contribution in [0.3, 0.4) is 0 Å². The summed E-state index contributed by atoms with van der Waals surface area (Å²) in [6, 6.07) is 25.8. The van der Waals surface area contributed by atoms with E-state index in [2.05, 4.69) is 83.4 Å². The van der Waals surface area contributed by atoms with Gasteiger partial charge in [0.25, 0.3) is 5.56 Å². The normalized spacial score (nSPS) is 12.7. The van der Waals surface area contributed by atoms with Gasteiger partial charge in [0.05, 0.1) is 12.6 Å². The summed E-state index contributed by atoms with van der Waals surface area (Å²) in [5.74, 6) is 1.43. The number of tetrazole rings is 1. The quantitative estimate of drug-likeness (QED) is 0.244. The highest BCUT2D eigenvalue weighted by molar-refractivity contribution is 5.79. The number of fused-ring (bicyclic) bond motifs is 1. The minimum atomic E-state index is -0.517. The Morgan fingerprint density at radius 1 is 0.975 bits per heavy atom. The van der Waals surface area contributed by atoms with E-state index in [0.717, 1.165) is 39.8 Å². The number of methoxy groups -OCH3 is 1. The molecule has 0 fully saturated rings. The standard InChI is InChI=1S/C32H36N6O2/c1-6-32(3,4)38-30(34-35-36-38)29(27-19-25-18-22(2)12-17-28(25)33-31(27)39)37(20-23-10-8-7-9-11-23)21-24-13-15-26(40-5)16-14-24/h7-19,29H,6,20-21H2,1-5H3,(H,33,39)/t29-/m0/s1. The van der Waals surface area contributed by atoms with E-state index in [1.807, 2.05) is 53.2 Å². The van der Waals surface area contributed by atoms with E-state index in [1.54, 1.807) is 7.11 Å². The fourth-order valence-electron chi connectivity index (χ4n) is 5.01. The first-order chi connectivity index (χ1) is 19.3. The lowest BCUT2D eigenvalue weighted by molar-refractivity contribution is 0.180. The Morgan fingerprint density at radius 3 is 2.35 bits per heavy atom. The van der Waals surface area contributed by atoms with E-state index in [0.29, 0.717) is 24.5 Å². The SMILES string of the molecule is CCC(C)(C)n1nnnc1[C@H](c1cc2cc(C)ccc2[nH]c1=O)N(Cc1ccccc1)Cc1ccc(OC)cc1. The molecule has 0 spiro atoms. The molecule has 2 heterocycles. The fraction of sp³-hybridized carbons (Fsp3) is 0.312. The molecule has 0 saturated carbocycles. The maximum atomic E-state index is 13.8. The minimum Gasteiger partial charge on any atom is -0.497 e. The first-order valence-corrected chi connectivity index (χ1v) is 13.6. The number of nitrogens with one attached hydrogen (secondary N) is 1. The maximum absolute atomic E-state index is 13.8. The molecule has 0 unspecified atom stereocenters. The summed E-state index contributed by atoms with van der Waals surface area (Å²) in [7, 11) is 1.66. The number of hydrogen-bond acceptors (Lipinski definition) is 6. The van der Waals surface area contributed by atoms with E-state index in [4.69, 9.17) is 4.74 Å². The van der Waals surface area contributed by atoms with Gasteiger partial charge in [0.2, 0.25) is 0 Å². The molecule has 206 valence electrons. The second-order valence-electron chi connectivity index (χ2n) is 10.9. The lowest BCUT2D eigenvalue weighted by Gasteiger charge is -2.33. The van der Waals surface area contributed by atoms with Crippen molar-refractivity contribution >= 4 is 10.9 Å². The summed E-state index contributed by atoms with van der Waals surface area (Å²) >= 11 is 0.